The molecule has 1 unspecified atom stereocenters. The molecular weight excluding hydrogens is 1210 g/mol. The summed E-state index contributed by atoms with van der Waals surface area (Å²) in [5.74, 6) is 1.16. The molecule has 0 aliphatic carbocycles. The van der Waals surface area contributed by atoms with Gasteiger partial charge in [0, 0.05) is 79.6 Å². The molecule has 4 aromatic carbocycles. The third-order valence-electron chi connectivity index (χ3n) is 16.3. The van der Waals surface area contributed by atoms with Crippen LogP contribution in [-0.2, 0) is 48.0 Å². The van der Waals surface area contributed by atoms with Crippen LogP contribution in [0.4, 0.5) is 20.7 Å². The van der Waals surface area contributed by atoms with Gasteiger partial charge >= 0.3 is 6.03 Å². The van der Waals surface area contributed by atoms with Crippen LogP contribution in [0.15, 0.2) is 102 Å². The van der Waals surface area contributed by atoms with Crippen LogP contribution < -0.4 is 30.2 Å². The molecule has 25 heteroatoms. The van der Waals surface area contributed by atoms with E-state index in [4.69, 9.17) is 72.2 Å². The molecule has 0 radical (unpaired) electrons. The van der Waals surface area contributed by atoms with E-state index in [1.165, 1.54) is 12.1 Å². The van der Waals surface area contributed by atoms with E-state index in [-0.39, 0.29) is 88.3 Å². The van der Waals surface area contributed by atoms with Gasteiger partial charge in [0.1, 0.15) is 35.5 Å². The van der Waals surface area contributed by atoms with Gasteiger partial charge in [-0.05, 0) is 110 Å². The Labute approximate surface area is 539 Å². The molecule has 0 saturated carbocycles. The molecular formula is C66H78Cl2FN11O11. The van der Waals surface area contributed by atoms with Crippen molar-refractivity contribution in [1.29, 1.82) is 0 Å². The number of fused-ring (bicyclic) bond motifs is 8. The topological polar surface area (TPSA) is 230 Å². The second kappa shape index (κ2) is 30.8. The van der Waals surface area contributed by atoms with Crippen molar-refractivity contribution in [3.63, 3.8) is 0 Å². The number of nitrogens with two attached hydrogens (primary N) is 1. The largest absolute Gasteiger partial charge is 0.497 e. The first kappa shape index (κ1) is 65.9. The van der Waals surface area contributed by atoms with Gasteiger partial charge in [0.25, 0.3) is 5.91 Å². The summed E-state index contributed by atoms with van der Waals surface area (Å²) in [4.78, 5) is 74.3. The van der Waals surface area contributed by atoms with Gasteiger partial charge in [-0.1, -0.05) is 47.5 Å². The highest BCUT2D eigenvalue weighted by molar-refractivity contribution is 6.30. The zero-order valence-electron chi connectivity index (χ0n) is 51.9. The van der Waals surface area contributed by atoms with E-state index in [2.05, 4.69) is 15.2 Å². The number of nitrogens with zero attached hydrogens (tertiary/aromatic N) is 9. The molecule has 2 saturated heterocycles. The molecule has 0 spiro atoms. The number of benzene rings is 4. The number of amidine groups is 1. The van der Waals surface area contributed by atoms with E-state index in [0.29, 0.717) is 150 Å². The van der Waals surface area contributed by atoms with E-state index in [9.17, 15) is 18.8 Å². The van der Waals surface area contributed by atoms with E-state index >= 15 is 4.79 Å². The number of anilines is 2. The fraction of sp³-hybridized carbons (Fsp3) is 0.439. The molecule has 10 rings (SSSR count). The zero-order valence-corrected chi connectivity index (χ0v) is 53.4. The highest BCUT2D eigenvalue weighted by atomic mass is 35.5. The summed E-state index contributed by atoms with van der Waals surface area (Å²) >= 11 is 12.7. The zero-order chi connectivity index (χ0) is 64.1. The lowest BCUT2D eigenvalue weighted by atomic mass is 9.94. The summed E-state index contributed by atoms with van der Waals surface area (Å²) in [5, 5.41) is 8.97. The quantitative estimate of drug-likeness (QED) is 0.0484. The number of ether oxygens (including phenoxy) is 7. The van der Waals surface area contributed by atoms with Crippen LogP contribution in [0.3, 0.4) is 0 Å². The lowest BCUT2D eigenvalue weighted by Gasteiger charge is -2.38. The van der Waals surface area contributed by atoms with Crippen molar-refractivity contribution < 1.29 is 56.7 Å². The summed E-state index contributed by atoms with van der Waals surface area (Å²) in [6.45, 7) is 8.32. The minimum absolute atomic E-state index is 0.115. The molecule has 6 heterocycles. The SMILES string of the molecule is COc1ccc(C2=NC(Cc3ccc(Cl)cc3)[C@@H](c3ccc(Cl)cc3)N2C(=O)N2CCN(CCOCCOCCOCCOCCC(=O)NCCn3nc4c(c3OC)-c3cnc(N)c(c3)N3CCC[C@@H]3c3cc(F)ccc3C(=O)N(C)C4)C(=O)C2)c(OC(C)C)c1. The minimum Gasteiger partial charge on any atom is -0.497 e. The van der Waals surface area contributed by atoms with Gasteiger partial charge in [-0.3, -0.25) is 24.3 Å². The molecule has 484 valence electrons. The van der Waals surface area contributed by atoms with Gasteiger partial charge < -0.3 is 63.8 Å². The third kappa shape index (κ3) is 16.0. The monoisotopic (exact) mass is 1290 g/mol. The maximum atomic E-state index is 15.1. The van der Waals surface area contributed by atoms with E-state index in [0.717, 1.165) is 17.5 Å². The van der Waals surface area contributed by atoms with Crippen molar-refractivity contribution in [2.45, 2.75) is 76.8 Å². The van der Waals surface area contributed by atoms with Crippen LogP contribution in [0, 0.1) is 5.82 Å². The number of aromatic nitrogens is 3. The summed E-state index contributed by atoms with van der Waals surface area (Å²) in [7, 11) is 4.82. The van der Waals surface area contributed by atoms with Gasteiger partial charge in [-0.2, -0.15) is 5.10 Å². The number of pyridine rings is 1. The Morgan fingerprint density at radius 2 is 1.48 bits per heavy atom. The van der Waals surface area contributed by atoms with Gasteiger partial charge in [0.15, 0.2) is 0 Å². The number of urea groups is 1. The number of amides is 5. The van der Waals surface area contributed by atoms with Crippen molar-refractivity contribution in [2.75, 3.05) is 124 Å². The maximum absolute atomic E-state index is 15.1. The number of carbonyl (C=O) groups excluding carboxylic acids is 4. The summed E-state index contributed by atoms with van der Waals surface area (Å²) in [6, 6.07) is 25.1. The molecule has 4 aliphatic heterocycles. The van der Waals surface area contributed by atoms with Crippen molar-refractivity contribution in [2.24, 2.45) is 4.99 Å². The molecule has 91 heavy (non-hydrogen) atoms. The molecule has 4 aliphatic rings. The molecule has 6 aromatic rings. The molecule has 2 bridgehead atoms. The predicted molar refractivity (Wildman–Crippen MR) is 343 cm³/mol. The Morgan fingerprint density at radius 1 is 0.791 bits per heavy atom. The number of carbonyl (C=O) groups is 4. The molecule has 2 fully saturated rings. The molecule has 22 nitrogen and oxygen atoms in total. The number of halogens is 3. The average molecular weight is 1290 g/mol. The summed E-state index contributed by atoms with van der Waals surface area (Å²) in [5.41, 5.74) is 12.5. The Balaban J connectivity index is 0.629. The lowest BCUT2D eigenvalue weighted by molar-refractivity contribution is -0.135. The van der Waals surface area contributed by atoms with Crippen molar-refractivity contribution in [1.82, 2.24) is 39.7 Å². The second-order valence-electron chi connectivity index (χ2n) is 22.8. The lowest BCUT2D eigenvalue weighted by Crippen LogP contribution is -2.57. The third-order valence-corrected chi connectivity index (χ3v) is 16.8. The van der Waals surface area contributed by atoms with Crippen LogP contribution in [0.5, 0.6) is 17.4 Å². The standard InChI is InChI=1S/C66H78Cl2FN11O11/c1-42(2)91-57-38-49(85-4)17-19-51(57)63-73-53(35-43-8-12-46(67)13-9-43)61(44-10-14-47(68)15-11-44)80(63)66(84)77-25-24-76(59(82)41-77)26-28-88-30-32-90-34-33-89-31-29-87-27-20-58(81)71-21-23-79-65(86-5)60-45-36-56(62(70)72-39-45)78-22-6-7-55(78)52-37-48(69)16-18-50(52)64(83)75(3)40-54(60)74-79/h8-19,36-39,42,53,55,61H,6-7,20-35,40-41H2,1-5H3,(H2,70,72)(H,71,81)/t53?,55-,61-/m1/s1. The Kier molecular flexibility index (Phi) is 22.3. The average Bonchev–Trinajstić information content (AvgIpc) is 1.68. The van der Waals surface area contributed by atoms with E-state index < -0.39 is 17.9 Å². The van der Waals surface area contributed by atoms with Gasteiger partial charge in [0.2, 0.25) is 17.7 Å². The van der Waals surface area contributed by atoms with Crippen LogP contribution in [-0.4, -0.2) is 189 Å². The smallest absolute Gasteiger partial charge is 0.326 e. The van der Waals surface area contributed by atoms with Gasteiger partial charge in [-0.25, -0.2) is 18.9 Å². The van der Waals surface area contributed by atoms with Crippen molar-refractivity contribution in [3.8, 4) is 28.5 Å². The summed E-state index contributed by atoms with van der Waals surface area (Å²) < 4.78 is 57.1. The second-order valence-corrected chi connectivity index (χ2v) is 23.7. The molecule has 3 N–H and O–H groups in total. The summed E-state index contributed by atoms with van der Waals surface area (Å²) in [6.07, 6.45) is 3.62. The first-order chi connectivity index (χ1) is 44.1. The number of rotatable bonds is 26. The van der Waals surface area contributed by atoms with Crippen molar-refractivity contribution in [3.05, 3.63) is 147 Å². The van der Waals surface area contributed by atoms with Gasteiger partial charge in [-0.15, -0.1) is 0 Å². The number of nitrogen functional groups attached to an aromatic ring is 1. The highest BCUT2D eigenvalue weighted by Gasteiger charge is 2.45. The number of piperazine rings is 1. The van der Waals surface area contributed by atoms with E-state index in [1.807, 2.05) is 68.4 Å². The van der Waals surface area contributed by atoms with E-state index in [1.54, 1.807) is 76.0 Å². The van der Waals surface area contributed by atoms with Crippen LogP contribution in [0.1, 0.15) is 83.5 Å². The molecule has 5 amide bonds. The molecule has 3 atom stereocenters. The number of methoxy groups -OCH3 is 2. The number of hydrogen-bond acceptors (Lipinski definition) is 16. The Bertz CT molecular complexity index is 3560. The van der Waals surface area contributed by atoms with Crippen molar-refractivity contribution >= 4 is 64.3 Å². The predicted octanol–water partition coefficient (Wildman–Crippen LogP) is 8.66. The number of nitrogens with one attached hydrogen (secondary N) is 1. The maximum Gasteiger partial charge on any atom is 0.326 e. The first-order valence-corrected chi connectivity index (χ1v) is 31.4. The first-order valence-electron chi connectivity index (χ1n) is 30.7. The number of aliphatic imine (C=N–C) groups is 1. The van der Waals surface area contributed by atoms with Crippen LogP contribution >= 0.6 is 23.2 Å². The fourth-order valence-electron chi connectivity index (χ4n) is 11.9. The van der Waals surface area contributed by atoms with Crippen LogP contribution in [0.2, 0.25) is 10.0 Å². The Morgan fingerprint density at radius 3 is 2.18 bits per heavy atom. The van der Waals surface area contributed by atoms with Crippen LogP contribution in [0.25, 0.3) is 11.1 Å². The normalized spacial score (nSPS) is 17.4. The van der Waals surface area contributed by atoms with Gasteiger partial charge in [0.05, 0.1) is 127 Å². The molecule has 2 aromatic heterocycles. The number of hydrogen-bond donors (Lipinski definition) is 2. The Hall–Kier alpha value is -8.06. The fourth-order valence-corrected chi connectivity index (χ4v) is 12.2. The minimum atomic E-state index is -0.563. The highest BCUT2D eigenvalue weighted by Crippen LogP contribution is 2.45.